The fourth-order valence-corrected chi connectivity index (χ4v) is 5.01. The van der Waals surface area contributed by atoms with Gasteiger partial charge >= 0.3 is 0 Å². The summed E-state index contributed by atoms with van der Waals surface area (Å²) < 4.78 is 0. The molecule has 32 heavy (non-hydrogen) atoms. The number of nitrogens with zero attached hydrogens (tertiary/aromatic N) is 7. The van der Waals surface area contributed by atoms with Crippen molar-refractivity contribution in [1.82, 2.24) is 29.7 Å². The second-order valence-corrected chi connectivity index (χ2v) is 9.48. The molecule has 2 aliphatic heterocycles. The van der Waals surface area contributed by atoms with Crippen molar-refractivity contribution in [2.24, 2.45) is 0 Å². The van der Waals surface area contributed by atoms with Gasteiger partial charge in [0.2, 0.25) is 5.95 Å². The number of nitriles is 1. The van der Waals surface area contributed by atoms with Crippen LogP contribution in [0.2, 0.25) is 0 Å². The quantitative estimate of drug-likeness (QED) is 0.665. The number of nitrogens with one attached hydrogen (secondary N) is 1. The highest BCUT2D eigenvalue weighted by atomic mass is 32.1. The van der Waals surface area contributed by atoms with E-state index in [2.05, 4.69) is 50.0 Å². The smallest absolute Gasteiger partial charge is 0.273 e. The van der Waals surface area contributed by atoms with Crippen molar-refractivity contribution in [2.75, 3.05) is 51.1 Å². The molecule has 2 fully saturated rings. The SMILES string of the molecule is CC(C)N1CCN(C(=O)c2csc(Nc3nccc([C@H]4CCCN(CC#N)C4)n3)n2)CC1. The second kappa shape index (κ2) is 10.3. The van der Waals surface area contributed by atoms with Crippen molar-refractivity contribution >= 4 is 28.3 Å². The molecular formula is C22H30N8OS. The molecule has 170 valence electrons. The van der Waals surface area contributed by atoms with Gasteiger partial charge in [0.25, 0.3) is 5.91 Å². The average Bonchev–Trinajstić information content (AvgIpc) is 3.27. The summed E-state index contributed by atoms with van der Waals surface area (Å²) in [6.45, 7) is 9.87. The highest BCUT2D eigenvalue weighted by Crippen LogP contribution is 2.27. The van der Waals surface area contributed by atoms with Crippen molar-refractivity contribution in [3.63, 3.8) is 0 Å². The molecule has 0 saturated carbocycles. The van der Waals surface area contributed by atoms with Gasteiger partial charge < -0.3 is 10.2 Å². The number of piperazine rings is 1. The molecule has 1 amide bonds. The van der Waals surface area contributed by atoms with Gasteiger partial charge in [0.05, 0.1) is 18.3 Å². The molecular weight excluding hydrogens is 424 g/mol. The van der Waals surface area contributed by atoms with Crippen LogP contribution in [-0.2, 0) is 0 Å². The molecule has 0 aromatic carbocycles. The van der Waals surface area contributed by atoms with E-state index in [0.29, 0.717) is 35.3 Å². The summed E-state index contributed by atoms with van der Waals surface area (Å²) in [4.78, 5) is 32.8. The van der Waals surface area contributed by atoms with E-state index >= 15 is 0 Å². The Bertz CT molecular complexity index is 963. The first-order chi connectivity index (χ1) is 15.5. The summed E-state index contributed by atoms with van der Waals surface area (Å²) in [6, 6.07) is 4.68. The van der Waals surface area contributed by atoms with Gasteiger partial charge in [-0.2, -0.15) is 5.26 Å². The highest BCUT2D eigenvalue weighted by molar-refractivity contribution is 7.14. The van der Waals surface area contributed by atoms with E-state index in [4.69, 9.17) is 5.26 Å². The number of carbonyl (C=O) groups is 1. The van der Waals surface area contributed by atoms with Crippen LogP contribution in [0, 0.1) is 11.3 Å². The Kier molecular flexibility index (Phi) is 7.29. The summed E-state index contributed by atoms with van der Waals surface area (Å²) in [6.07, 6.45) is 3.86. The minimum Gasteiger partial charge on any atom is -0.335 e. The zero-order chi connectivity index (χ0) is 22.5. The third-order valence-corrected chi connectivity index (χ3v) is 6.93. The molecule has 9 nitrogen and oxygen atoms in total. The summed E-state index contributed by atoms with van der Waals surface area (Å²) in [5.41, 5.74) is 1.44. The number of piperidine rings is 1. The van der Waals surface area contributed by atoms with Crippen LogP contribution < -0.4 is 5.32 Å². The fourth-order valence-electron chi connectivity index (χ4n) is 4.33. The van der Waals surface area contributed by atoms with Crippen molar-refractivity contribution in [3.05, 3.63) is 29.0 Å². The summed E-state index contributed by atoms with van der Waals surface area (Å²) in [7, 11) is 0. The zero-order valence-electron chi connectivity index (χ0n) is 18.7. The molecule has 2 aromatic heterocycles. The second-order valence-electron chi connectivity index (χ2n) is 8.62. The molecule has 0 spiro atoms. The molecule has 2 saturated heterocycles. The number of carbonyl (C=O) groups excluding carboxylic acids is 1. The molecule has 0 radical (unpaired) electrons. The molecule has 4 rings (SSSR count). The number of thiazole rings is 1. The van der Waals surface area contributed by atoms with Crippen LogP contribution in [0.25, 0.3) is 0 Å². The Morgan fingerprint density at radius 1 is 1.28 bits per heavy atom. The van der Waals surface area contributed by atoms with Crippen LogP contribution >= 0.6 is 11.3 Å². The molecule has 1 N–H and O–H groups in total. The molecule has 2 aromatic rings. The van der Waals surface area contributed by atoms with Crippen LogP contribution in [0.15, 0.2) is 17.6 Å². The van der Waals surface area contributed by atoms with Crippen LogP contribution in [0.1, 0.15) is 48.8 Å². The monoisotopic (exact) mass is 454 g/mol. The normalized spacial score (nSPS) is 20.3. The topological polar surface area (TPSA) is 101 Å². The van der Waals surface area contributed by atoms with Gasteiger partial charge in [-0.25, -0.2) is 15.0 Å². The van der Waals surface area contributed by atoms with Gasteiger partial charge in [-0.15, -0.1) is 11.3 Å². The average molecular weight is 455 g/mol. The number of hydrogen-bond acceptors (Lipinski definition) is 9. The lowest BCUT2D eigenvalue weighted by molar-refractivity contribution is 0.0591. The number of rotatable bonds is 6. The molecule has 0 aliphatic carbocycles. The Labute approximate surface area is 193 Å². The van der Waals surface area contributed by atoms with Crippen LogP contribution in [0.5, 0.6) is 0 Å². The van der Waals surface area contributed by atoms with Crippen LogP contribution in [-0.4, -0.2) is 87.4 Å². The van der Waals surface area contributed by atoms with Gasteiger partial charge in [0.1, 0.15) is 5.69 Å². The number of amides is 1. The number of hydrogen-bond donors (Lipinski definition) is 1. The van der Waals surface area contributed by atoms with E-state index in [1.165, 1.54) is 11.3 Å². The largest absolute Gasteiger partial charge is 0.335 e. The van der Waals surface area contributed by atoms with E-state index in [1.54, 1.807) is 11.6 Å². The lowest BCUT2D eigenvalue weighted by atomic mass is 9.94. The van der Waals surface area contributed by atoms with E-state index in [1.807, 2.05) is 11.0 Å². The molecule has 1 atom stereocenters. The predicted octanol–water partition coefficient (Wildman–Crippen LogP) is 2.55. The van der Waals surface area contributed by atoms with Gasteiger partial charge in [-0.1, -0.05) is 0 Å². The molecule has 10 heteroatoms. The first kappa shape index (κ1) is 22.6. The summed E-state index contributed by atoms with van der Waals surface area (Å²) in [5, 5.41) is 14.5. The maximum Gasteiger partial charge on any atom is 0.273 e. The van der Waals surface area contributed by atoms with Crippen LogP contribution in [0.3, 0.4) is 0 Å². The summed E-state index contributed by atoms with van der Waals surface area (Å²) >= 11 is 1.39. The van der Waals surface area contributed by atoms with E-state index in [9.17, 15) is 4.79 Å². The minimum atomic E-state index is -0.0211. The van der Waals surface area contributed by atoms with Crippen molar-refractivity contribution in [2.45, 2.75) is 38.6 Å². The van der Waals surface area contributed by atoms with E-state index < -0.39 is 0 Å². The van der Waals surface area contributed by atoms with Crippen molar-refractivity contribution < 1.29 is 4.79 Å². The number of aromatic nitrogens is 3. The molecule has 2 aliphatic rings. The molecule has 0 bridgehead atoms. The first-order valence-corrected chi connectivity index (χ1v) is 12.1. The lowest BCUT2D eigenvalue weighted by Gasteiger charge is -2.36. The van der Waals surface area contributed by atoms with Gasteiger partial charge in [-0.05, 0) is 39.3 Å². The predicted molar refractivity (Wildman–Crippen MR) is 124 cm³/mol. The highest BCUT2D eigenvalue weighted by Gasteiger charge is 2.25. The Hall–Kier alpha value is -2.61. The van der Waals surface area contributed by atoms with E-state index in [-0.39, 0.29) is 5.91 Å². The third-order valence-electron chi connectivity index (χ3n) is 6.17. The van der Waals surface area contributed by atoms with Gasteiger partial charge in [0.15, 0.2) is 5.13 Å². The number of likely N-dealkylation sites (tertiary alicyclic amines) is 1. The Balaban J connectivity index is 1.37. The van der Waals surface area contributed by atoms with Crippen molar-refractivity contribution in [1.29, 1.82) is 5.26 Å². The standard InChI is InChI=1S/C22H30N8OS/c1-16(2)29-10-12-30(13-11-29)20(31)19-15-32-22(26-19)27-21-24-7-5-18(25-21)17-4-3-8-28(14-17)9-6-23/h5,7,15-17H,3-4,8-14H2,1-2H3,(H,24,25,26,27)/t17-/m0/s1. The van der Waals surface area contributed by atoms with Crippen molar-refractivity contribution in [3.8, 4) is 6.07 Å². The summed E-state index contributed by atoms with van der Waals surface area (Å²) in [5.74, 6) is 0.754. The maximum atomic E-state index is 12.9. The molecule has 0 unspecified atom stereocenters. The van der Waals surface area contributed by atoms with E-state index in [0.717, 1.165) is 57.8 Å². The molecule has 4 heterocycles. The Morgan fingerprint density at radius 3 is 2.84 bits per heavy atom. The number of anilines is 2. The maximum absolute atomic E-state index is 12.9. The Morgan fingerprint density at radius 2 is 2.09 bits per heavy atom. The van der Waals surface area contributed by atoms with Gasteiger partial charge in [0, 0.05) is 56.3 Å². The minimum absolute atomic E-state index is 0.0211. The zero-order valence-corrected chi connectivity index (χ0v) is 19.5. The van der Waals surface area contributed by atoms with Gasteiger partial charge in [-0.3, -0.25) is 14.6 Å². The fraction of sp³-hybridized carbons (Fsp3) is 0.591. The first-order valence-electron chi connectivity index (χ1n) is 11.2. The third kappa shape index (κ3) is 5.41. The van der Waals surface area contributed by atoms with Crippen LogP contribution in [0.4, 0.5) is 11.1 Å². The lowest BCUT2D eigenvalue weighted by Crippen LogP contribution is -2.50.